The second-order valence-corrected chi connectivity index (χ2v) is 7.24. The van der Waals surface area contributed by atoms with Crippen molar-refractivity contribution in [3.05, 3.63) is 58.7 Å². The summed E-state index contributed by atoms with van der Waals surface area (Å²) in [7, 11) is 1.57. The number of rotatable bonds is 6. The number of benzene rings is 2. The van der Waals surface area contributed by atoms with Crippen LogP contribution < -0.4 is 4.74 Å². The summed E-state index contributed by atoms with van der Waals surface area (Å²) < 4.78 is 32.4. The van der Waals surface area contributed by atoms with Crippen LogP contribution in [0.2, 0.25) is 0 Å². The summed E-state index contributed by atoms with van der Waals surface area (Å²) in [6, 6.07) is 11.2. The molecule has 0 fully saturated rings. The Bertz CT molecular complexity index is 977. The summed E-state index contributed by atoms with van der Waals surface area (Å²) in [5.41, 5.74) is 4.91. The van der Waals surface area contributed by atoms with Gasteiger partial charge in [0.2, 0.25) is 5.16 Å². The molecule has 0 amide bonds. The van der Waals surface area contributed by atoms with E-state index in [9.17, 15) is 8.78 Å². The fraction of sp³-hybridized carbons (Fsp3) is 0.250. The highest BCUT2D eigenvalue weighted by molar-refractivity contribution is 7.99. The fourth-order valence-corrected chi connectivity index (χ4v) is 3.43. The molecule has 0 aliphatic carbocycles. The highest BCUT2D eigenvalue weighted by Gasteiger charge is 2.18. The zero-order chi connectivity index (χ0) is 20.3. The van der Waals surface area contributed by atoms with Crippen molar-refractivity contribution >= 4 is 18.0 Å². The molecule has 0 aliphatic heterocycles. The molecule has 28 heavy (non-hydrogen) atoms. The molecule has 0 atom stereocenters. The number of hydrogen-bond donors (Lipinski definition) is 0. The van der Waals surface area contributed by atoms with E-state index in [1.54, 1.807) is 37.6 Å². The lowest BCUT2D eigenvalue weighted by Gasteiger charge is -2.08. The van der Waals surface area contributed by atoms with E-state index < -0.39 is 5.76 Å². The summed E-state index contributed by atoms with van der Waals surface area (Å²) in [6.07, 6.45) is 1.66. The van der Waals surface area contributed by atoms with Crippen LogP contribution in [-0.2, 0) is 0 Å². The van der Waals surface area contributed by atoms with Gasteiger partial charge >= 0.3 is 0 Å². The van der Waals surface area contributed by atoms with E-state index in [0.717, 1.165) is 22.3 Å². The van der Waals surface area contributed by atoms with Gasteiger partial charge in [0.1, 0.15) is 5.75 Å². The SMILES string of the molecule is COc1ccc(-c2nnc(SC(F)F)n2N=Cc2c(C)cc(C)cc2C)cc1. The number of nitrogens with zero attached hydrogens (tertiary/aromatic N) is 4. The maximum atomic E-state index is 13.0. The first-order valence-corrected chi connectivity index (χ1v) is 9.44. The molecule has 0 spiro atoms. The highest BCUT2D eigenvalue weighted by atomic mass is 32.2. The van der Waals surface area contributed by atoms with Gasteiger partial charge in [0, 0.05) is 11.1 Å². The van der Waals surface area contributed by atoms with Crippen LogP contribution in [0.25, 0.3) is 11.4 Å². The van der Waals surface area contributed by atoms with Gasteiger partial charge in [0.25, 0.3) is 5.76 Å². The van der Waals surface area contributed by atoms with Gasteiger partial charge in [0.15, 0.2) is 5.82 Å². The lowest BCUT2D eigenvalue weighted by Crippen LogP contribution is -2.00. The van der Waals surface area contributed by atoms with Crippen molar-refractivity contribution in [2.45, 2.75) is 31.7 Å². The molecule has 0 saturated carbocycles. The summed E-state index contributed by atoms with van der Waals surface area (Å²) in [4.78, 5) is 0. The van der Waals surface area contributed by atoms with Crippen molar-refractivity contribution in [1.82, 2.24) is 14.9 Å². The zero-order valence-corrected chi connectivity index (χ0v) is 16.8. The first kappa shape index (κ1) is 20.0. The van der Waals surface area contributed by atoms with E-state index in [4.69, 9.17) is 4.74 Å². The normalized spacial score (nSPS) is 11.5. The molecule has 0 unspecified atom stereocenters. The van der Waals surface area contributed by atoms with Crippen LogP contribution in [0.4, 0.5) is 8.78 Å². The Morgan fingerprint density at radius 3 is 2.29 bits per heavy atom. The number of halogens is 2. The minimum Gasteiger partial charge on any atom is -0.497 e. The molecule has 146 valence electrons. The van der Waals surface area contributed by atoms with E-state index in [2.05, 4.69) is 27.4 Å². The van der Waals surface area contributed by atoms with Crippen LogP contribution in [0, 0.1) is 20.8 Å². The van der Waals surface area contributed by atoms with E-state index in [0.29, 0.717) is 28.9 Å². The first-order chi connectivity index (χ1) is 13.4. The van der Waals surface area contributed by atoms with Crippen molar-refractivity contribution in [1.29, 1.82) is 0 Å². The second-order valence-electron chi connectivity index (χ2n) is 6.28. The maximum Gasteiger partial charge on any atom is 0.291 e. The number of ether oxygens (including phenoxy) is 1. The van der Waals surface area contributed by atoms with Crippen LogP contribution in [0.1, 0.15) is 22.3 Å². The van der Waals surface area contributed by atoms with E-state index >= 15 is 0 Å². The zero-order valence-electron chi connectivity index (χ0n) is 16.0. The highest BCUT2D eigenvalue weighted by Crippen LogP contribution is 2.29. The summed E-state index contributed by atoms with van der Waals surface area (Å²) in [5.74, 6) is -1.56. The Morgan fingerprint density at radius 1 is 1.07 bits per heavy atom. The third-order valence-electron chi connectivity index (χ3n) is 4.20. The average Bonchev–Trinajstić information content (AvgIpc) is 3.02. The first-order valence-electron chi connectivity index (χ1n) is 8.56. The average molecular weight is 402 g/mol. The lowest BCUT2D eigenvalue weighted by atomic mass is 10.0. The van der Waals surface area contributed by atoms with E-state index in [1.807, 2.05) is 20.8 Å². The van der Waals surface area contributed by atoms with Crippen molar-refractivity contribution in [2.75, 3.05) is 7.11 Å². The molecular formula is C20H20F2N4OS. The monoisotopic (exact) mass is 402 g/mol. The number of thioether (sulfide) groups is 1. The number of methoxy groups -OCH3 is 1. The predicted molar refractivity (Wildman–Crippen MR) is 108 cm³/mol. The Morgan fingerprint density at radius 2 is 1.71 bits per heavy atom. The molecule has 0 aliphatic rings. The van der Waals surface area contributed by atoms with Gasteiger partial charge in [-0.3, -0.25) is 0 Å². The predicted octanol–water partition coefficient (Wildman–Crippen LogP) is 5.08. The molecule has 3 rings (SSSR count). The van der Waals surface area contributed by atoms with Gasteiger partial charge in [-0.15, -0.1) is 10.2 Å². The molecule has 1 heterocycles. The number of aromatic nitrogens is 3. The molecule has 3 aromatic rings. The van der Waals surface area contributed by atoms with Crippen molar-refractivity contribution in [3.8, 4) is 17.1 Å². The molecule has 8 heteroatoms. The maximum absolute atomic E-state index is 13.0. The Kier molecular flexibility index (Phi) is 6.08. The fourth-order valence-electron chi connectivity index (χ4n) is 2.95. The largest absolute Gasteiger partial charge is 0.497 e. The molecule has 1 aromatic heterocycles. The molecule has 0 radical (unpaired) electrons. The van der Waals surface area contributed by atoms with Crippen molar-refractivity contribution in [2.24, 2.45) is 5.10 Å². The molecule has 2 aromatic carbocycles. The second kappa shape index (κ2) is 8.52. The number of hydrogen-bond acceptors (Lipinski definition) is 5. The number of aryl methyl sites for hydroxylation is 3. The number of alkyl halides is 2. The van der Waals surface area contributed by atoms with Crippen LogP contribution in [-0.4, -0.2) is 34.0 Å². The third kappa shape index (κ3) is 4.39. The lowest BCUT2D eigenvalue weighted by molar-refractivity contribution is 0.251. The van der Waals surface area contributed by atoms with Gasteiger partial charge in [-0.2, -0.15) is 18.6 Å². The van der Waals surface area contributed by atoms with Crippen LogP contribution >= 0.6 is 11.8 Å². The summed E-state index contributed by atoms with van der Waals surface area (Å²) in [6.45, 7) is 6.01. The van der Waals surface area contributed by atoms with Gasteiger partial charge < -0.3 is 4.74 Å². The van der Waals surface area contributed by atoms with Crippen molar-refractivity contribution in [3.63, 3.8) is 0 Å². The quantitative estimate of drug-likeness (QED) is 0.426. The third-order valence-corrected chi connectivity index (χ3v) is 4.84. The Balaban J connectivity index is 2.05. The van der Waals surface area contributed by atoms with Crippen LogP contribution in [0.15, 0.2) is 46.7 Å². The van der Waals surface area contributed by atoms with E-state index in [-0.39, 0.29) is 5.16 Å². The molecule has 0 saturated heterocycles. The van der Waals surface area contributed by atoms with Crippen LogP contribution in [0.5, 0.6) is 5.75 Å². The summed E-state index contributed by atoms with van der Waals surface area (Å²) >= 11 is 0.312. The molecular weight excluding hydrogens is 382 g/mol. The van der Waals surface area contributed by atoms with Gasteiger partial charge in [-0.1, -0.05) is 17.7 Å². The molecule has 0 N–H and O–H groups in total. The Hall–Kier alpha value is -2.74. The van der Waals surface area contributed by atoms with E-state index in [1.165, 1.54) is 4.68 Å². The van der Waals surface area contributed by atoms with Gasteiger partial charge in [-0.05, 0) is 67.9 Å². The van der Waals surface area contributed by atoms with Crippen molar-refractivity contribution < 1.29 is 13.5 Å². The molecule has 5 nitrogen and oxygen atoms in total. The smallest absolute Gasteiger partial charge is 0.291 e. The van der Waals surface area contributed by atoms with Gasteiger partial charge in [0.05, 0.1) is 13.3 Å². The minimum absolute atomic E-state index is 0.0273. The molecule has 0 bridgehead atoms. The standard InChI is InChI=1S/C20H20F2N4OS/c1-12-9-13(2)17(14(3)10-12)11-23-26-18(24-25-20(26)28-19(21)22)15-5-7-16(27-4)8-6-15/h5-11,19H,1-4H3. The summed E-state index contributed by atoms with van der Waals surface area (Å²) in [5, 5.41) is 12.4. The van der Waals surface area contributed by atoms with Gasteiger partial charge in [-0.25, -0.2) is 0 Å². The topological polar surface area (TPSA) is 52.3 Å². The minimum atomic E-state index is -2.62. The Labute approximate surface area is 166 Å². The van der Waals surface area contributed by atoms with Crippen LogP contribution in [0.3, 0.4) is 0 Å².